The van der Waals surface area contributed by atoms with E-state index in [0.29, 0.717) is 0 Å². The summed E-state index contributed by atoms with van der Waals surface area (Å²) in [5.74, 6) is 2.43. The second-order valence-corrected chi connectivity index (χ2v) is 8.41. The first-order valence-electron chi connectivity index (χ1n) is 10.5. The van der Waals surface area contributed by atoms with Crippen molar-refractivity contribution in [3.8, 4) is 11.5 Å². The molecule has 0 aliphatic carbocycles. The molecule has 1 aromatic carbocycles. The van der Waals surface area contributed by atoms with Gasteiger partial charge in [0.1, 0.15) is 18.0 Å². The van der Waals surface area contributed by atoms with Gasteiger partial charge >= 0.3 is 0 Å². The molecule has 1 aliphatic rings. The minimum atomic E-state index is -0.252. The number of guanidine groups is 1. The number of rotatable bonds is 7. The molecule has 1 aromatic rings. The van der Waals surface area contributed by atoms with Crippen LogP contribution < -0.4 is 20.1 Å². The average molecular weight is 420 g/mol. The standard InChI is InChI=1S/C22H37N5O3/c1-7-23-21(24-15-20(28)25-22(2,3)4)27-12-10-26(11-13-27)16-17-14-18(29-5)8-9-19(17)30-6/h8-9,14H,7,10-13,15-16H2,1-6H3,(H,23,24)(H,25,28). The Hall–Kier alpha value is -2.48. The van der Waals surface area contributed by atoms with Crippen molar-refractivity contribution in [3.63, 3.8) is 0 Å². The molecular formula is C22H37N5O3. The molecule has 0 atom stereocenters. The lowest BCUT2D eigenvalue weighted by Crippen LogP contribution is -2.52. The first-order chi connectivity index (χ1) is 14.3. The van der Waals surface area contributed by atoms with Gasteiger partial charge in [0.05, 0.1) is 14.2 Å². The summed E-state index contributed by atoms with van der Waals surface area (Å²) in [7, 11) is 3.37. The van der Waals surface area contributed by atoms with E-state index in [1.54, 1.807) is 14.2 Å². The lowest BCUT2D eigenvalue weighted by Gasteiger charge is -2.36. The van der Waals surface area contributed by atoms with E-state index in [1.165, 1.54) is 0 Å². The summed E-state index contributed by atoms with van der Waals surface area (Å²) in [4.78, 5) is 21.3. The van der Waals surface area contributed by atoms with E-state index in [2.05, 4.69) is 25.4 Å². The smallest absolute Gasteiger partial charge is 0.242 e. The fourth-order valence-electron chi connectivity index (χ4n) is 3.39. The highest BCUT2D eigenvalue weighted by Crippen LogP contribution is 2.25. The monoisotopic (exact) mass is 419 g/mol. The Labute approximate surface area is 180 Å². The van der Waals surface area contributed by atoms with E-state index in [0.717, 1.165) is 62.3 Å². The molecule has 2 N–H and O–H groups in total. The first-order valence-corrected chi connectivity index (χ1v) is 10.5. The maximum absolute atomic E-state index is 12.1. The highest BCUT2D eigenvalue weighted by molar-refractivity contribution is 5.85. The Morgan fingerprint density at radius 2 is 1.83 bits per heavy atom. The number of carbonyl (C=O) groups is 1. The molecule has 0 aromatic heterocycles. The number of piperazine rings is 1. The topological polar surface area (TPSA) is 78.4 Å². The molecule has 8 heteroatoms. The highest BCUT2D eigenvalue weighted by Gasteiger charge is 2.21. The molecule has 1 saturated heterocycles. The molecule has 0 unspecified atom stereocenters. The normalized spacial score (nSPS) is 15.7. The molecule has 1 aliphatic heterocycles. The van der Waals surface area contributed by atoms with Gasteiger partial charge in [-0.25, -0.2) is 4.99 Å². The summed E-state index contributed by atoms with van der Waals surface area (Å²) in [6, 6.07) is 5.89. The fraction of sp³-hybridized carbons (Fsp3) is 0.636. The van der Waals surface area contributed by atoms with Gasteiger partial charge in [-0.3, -0.25) is 9.69 Å². The minimum absolute atomic E-state index is 0.0679. The SMILES string of the molecule is CCNC(=NCC(=O)NC(C)(C)C)N1CCN(Cc2cc(OC)ccc2OC)CC1. The predicted molar refractivity (Wildman–Crippen MR) is 120 cm³/mol. The van der Waals surface area contributed by atoms with E-state index >= 15 is 0 Å². The Morgan fingerprint density at radius 1 is 1.13 bits per heavy atom. The van der Waals surface area contributed by atoms with Crippen molar-refractivity contribution in [2.45, 2.75) is 39.8 Å². The number of ether oxygens (including phenoxy) is 2. The highest BCUT2D eigenvalue weighted by atomic mass is 16.5. The molecule has 0 radical (unpaired) electrons. The van der Waals surface area contributed by atoms with E-state index in [-0.39, 0.29) is 18.0 Å². The van der Waals surface area contributed by atoms with Crippen molar-refractivity contribution >= 4 is 11.9 Å². The number of nitrogens with zero attached hydrogens (tertiary/aromatic N) is 3. The summed E-state index contributed by atoms with van der Waals surface area (Å²) >= 11 is 0. The number of benzene rings is 1. The minimum Gasteiger partial charge on any atom is -0.497 e. The molecule has 8 nitrogen and oxygen atoms in total. The Kier molecular flexibility index (Phi) is 8.77. The van der Waals surface area contributed by atoms with Crippen LogP contribution >= 0.6 is 0 Å². The third kappa shape index (κ3) is 7.40. The lowest BCUT2D eigenvalue weighted by molar-refractivity contribution is -0.121. The number of aliphatic imine (C=N–C) groups is 1. The summed E-state index contributed by atoms with van der Waals surface area (Å²) in [5.41, 5.74) is 0.863. The van der Waals surface area contributed by atoms with Gasteiger partial charge in [-0.2, -0.15) is 0 Å². The number of nitrogens with one attached hydrogen (secondary N) is 2. The Bertz CT molecular complexity index is 722. The Morgan fingerprint density at radius 3 is 2.40 bits per heavy atom. The van der Waals surface area contributed by atoms with Crippen molar-refractivity contribution in [3.05, 3.63) is 23.8 Å². The number of amides is 1. The van der Waals surface area contributed by atoms with Gasteiger partial charge in [0.2, 0.25) is 5.91 Å². The van der Waals surface area contributed by atoms with Crippen molar-refractivity contribution in [1.82, 2.24) is 20.4 Å². The molecule has 2 rings (SSSR count). The lowest BCUT2D eigenvalue weighted by atomic mass is 10.1. The van der Waals surface area contributed by atoms with Crippen LogP contribution in [0.15, 0.2) is 23.2 Å². The van der Waals surface area contributed by atoms with E-state index < -0.39 is 0 Å². The van der Waals surface area contributed by atoms with E-state index in [4.69, 9.17) is 9.47 Å². The van der Waals surface area contributed by atoms with Gasteiger partial charge in [0.25, 0.3) is 0 Å². The zero-order valence-electron chi connectivity index (χ0n) is 19.2. The van der Waals surface area contributed by atoms with Crippen LogP contribution in [-0.4, -0.2) is 80.7 Å². The maximum atomic E-state index is 12.1. The quantitative estimate of drug-likeness (QED) is 0.517. The molecule has 0 saturated carbocycles. The van der Waals surface area contributed by atoms with Crippen LogP contribution in [0.25, 0.3) is 0 Å². The summed E-state index contributed by atoms with van der Waals surface area (Å²) in [6.45, 7) is 13.1. The number of methoxy groups -OCH3 is 2. The van der Waals surface area contributed by atoms with E-state index in [1.807, 2.05) is 45.9 Å². The number of carbonyl (C=O) groups excluding carboxylic acids is 1. The molecule has 1 heterocycles. The van der Waals surface area contributed by atoms with Crippen molar-refractivity contribution in [2.75, 3.05) is 53.5 Å². The molecule has 0 spiro atoms. The van der Waals surface area contributed by atoms with Gasteiger partial charge < -0.3 is 25.0 Å². The summed E-state index contributed by atoms with van der Waals surface area (Å²) < 4.78 is 10.9. The van der Waals surface area contributed by atoms with Crippen molar-refractivity contribution < 1.29 is 14.3 Å². The third-order valence-corrected chi connectivity index (χ3v) is 4.78. The molecular weight excluding hydrogens is 382 g/mol. The van der Waals surface area contributed by atoms with Crippen LogP contribution in [-0.2, 0) is 11.3 Å². The van der Waals surface area contributed by atoms with Gasteiger partial charge in [-0.05, 0) is 45.9 Å². The largest absolute Gasteiger partial charge is 0.497 e. The van der Waals surface area contributed by atoms with E-state index in [9.17, 15) is 4.79 Å². The molecule has 1 fully saturated rings. The third-order valence-electron chi connectivity index (χ3n) is 4.78. The molecule has 0 bridgehead atoms. The zero-order valence-corrected chi connectivity index (χ0v) is 19.2. The van der Waals surface area contributed by atoms with Crippen LogP contribution in [0.3, 0.4) is 0 Å². The fourth-order valence-corrected chi connectivity index (χ4v) is 3.39. The van der Waals surface area contributed by atoms with Crippen molar-refractivity contribution in [1.29, 1.82) is 0 Å². The molecule has 168 valence electrons. The van der Waals surface area contributed by atoms with Gasteiger partial charge in [0, 0.05) is 50.4 Å². The average Bonchev–Trinajstić information content (AvgIpc) is 2.70. The molecule has 1 amide bonds. The van der Waals surface area contributed by atoms with Gasteiger partial charge in [0.15, 0.2) is 5.96 Å². The Balaban J connectivity index is 1.95. The van der Waals surface area contributed by atoms with Crippen LogP contribution in [0.2, 0.25) is 0 Å². The van der Waals surface area contributed by atoms with Crippen LogP contribution in [0, 0.1) is 0 Å². The summed E-state index contributed by atoms with van der Waals surface area (Å²) in [6.07, 6.45) is 0. The summed E-state index contributed by atoms with van der Waals surface area (Å²) in [5, 5.41) is 6.26. The van der Waals surface area contributed by atoms with Gasteiger partial charge in [-0.15, -0.1) is 0 Å². The first kappa shape index (κ1) is 23.8. The number of hydrogen-bond acceptors (Lipinski definition) is 5. The predicted octanol–water partition coefficient (Wildman–Crippen LogP) is 1.70. The van der Waals surface area contributed by atoms with Gasteiger partial charge in [-0.1, -0.05) is 0 Å². The van der Waals surface area contributed by atoms with Crippen LogP contribution in [0.4, 0.5) is 0 Å². The second kappa shape index (κ2) is 11.1. The zero-order chi connectivity index (χ0) is 22.1. The maximum Gasteiger partial charge on any atom is 0.242 e. The van der Waals surface area contributed by atoms with Crippen LogP contribution in [0.1, 0.15) is 33.3 Å². The van der Waals surface area contributed by atoms with Crippen molar-refractivity contribution in [2.24, 2.45) is 4.99 Å². The second-order valence-electron chi connectivity index (χ2n) is 8.41. The van der Waals surface area contributed by atoms with Crippen LogP contribution in [0.5, 0.6) is 11.5 Å². The molecule has 30 heavy (non-hydrogen) atoms. The number of hydrogen-bond donors (Lipinski definition) is 2.